The molecule has 1 aromatic carbocycles. The number of carbonyl (C=O) groups is 1. The Morgan fingerprint density at radius 1 is 1.46 bits per heavy atom. The van der Waals surface area contributed by atoms with E-state index in [1.165, 1.54) is 0 Å². The van der Waals surface area contributed by atoms with E-state index in [2.05, 4.69) is 0 Å². The molecule has 0 aromatic heterocycles. The molecular weight excluding hydrogens is 202 g/mol. The van der Waals surface area contributed by atoms with Gasteiger partial charge in [0.2, 0.25) is 0 Å². The lowest BCUT2D eigenvalue weighted by Gasteiger charge is -2.02. The van der Waals surface area contributed by atoms with E-state index in [0.29, 0.717) is 0 Å². The fourth-order valence-electron chi connectivity index (χ4n) is 0.865. The molecule has 0 aliphatic carbocycles. The number of carboxylic acid groups (broad SMARTS) is 1. The van der Waals surface area contributed by atoms with Crippen LogP contribution in [0.25, 0.3) is 0 Å². The van der Waals surface area contributed by atoms with Gasteiger partial charge < -0.3 is 5.11 Å². The third-order valence-corrected chi connectivity index (χ3v) is 1.87. The van der Waals surface area contributed by atoms with Gasteiger partial charge in [0.05, 0.1) is 11.4 Å². The van der Waals surface area contributed by atoms with E-state index in [1.54, 1.807) is 0 Å². The molecule has 0 saturated carbocycles. The summed E-state index contributed by atoms with van der Waals surface area (Å²) < 4.78 is 25.2. The number of carboxylic acids is 1. The molecule has 0 unspecified atom stereocenters. The first-order chi connectivity index (χ1) is 6.02. The Labute approximate surface area is 77.8 Å². The molecule has 0 bridgehead atoms. The lowest BCUT2D eigenvalue weighted by Crippen LogP contribution is -2.02. The van der Waals surface area contributed by atoms with Crippen molar-refractivity contribution in [1.29, 1.82) is 0 Å². The van der Waals surface area contributed by atoms with Crippen LogP contribution in [0.5, 0.6) is 0 Å². The van der Waals surface area contributed by atoms with Gasteiger partial charge in [-0.2, -0.15) is 0 Å². The van der Waals surface area contributed by atoms with Gasteiger partial charge in [-0.05, 0) is 11.6 Å². The van der Waals surface area contributed by atoms with Crippen molar-refractivity contribution in [3.8, 4) is 0 Å². The Bertz CT molecular complexity index is 352. The van der Waals surface area contributed by atoms with Crippen molar-refractivity contribution in [1.82, 2.24) is 0 Å². The number of aliphatic carboxylic acids is 1. The molecule has 0 radical (unpaired) electrons. The summed E-state index contributed by atoms with van der Waals surface area (Å²) in [6.45, 7) is 0. The van der Waals surface area contributed by atoms with Gasteiger partial charge >= 0.3 is 5.97 Å². The van der Waals surface area contributed by atoms with Crippen molar-refractivity contribution in [2.45, 2.75) is 6.42 Å². The minimum atomic E-state index is -1.21. The van der Waals surface area contributed by atoms with E-state index in [-0.39, 0.29) is 5.56 Å². The van der Waals surface area contributed by atoms with Gasteiger partial charge in [-0.15, -0.1) is 0 Å². The smallest absolute Gasteiger partial charge is 0.307 e. The molecule has 0 heterocycles. The number of halogens is 3. The summed E-state index contributed by atoms with van der Waals surface area (Å²) in [5, 5.41) is 7.91. The predicted molar refractivity (Wildman–Crippen MR) is 42.7 cm³/mol. The Hall–Kier alpha value is -1.16. The topological polar surface area (TPSA) is 37.3 Å². The summed E-state index contributed by atoms with van der Waals surface area (Å²) in [7, 11) is 0. The molecule has 1 rings (SSSR count). The van der Waals surface area contributed by atoms with E-state index >= 15 is 0 Å². The molecule has 5 heteroatoms. The number of rotatable bonds is 2. The zero-order valence-electron chi connectivity index (χ0n) is 6.35. The van der Waals surface area contributed by atoms with Crippen molar-refractivity contribution in [3.63, 3.8) is 0 Å². The van der Waals surface area contributed by atoms with E-state index in [9.17, 15) is 13.6 Å². The van der Waals surface area contributed by atoms with Crippen LogP contribution in [0, 0.1) is 11.6 Å². The second-order valence-corrected chi connectivity index (χ2v) is 2.78. The van der Waals surface area contributed by atoms with Gasteiger partial charge in [-0.25, -0.2) is 8.78 Å². The Morgan fingerprint density at radius 3 is 2.62 bits per heavy atom. The normalized spacial score (nSPS) is 10.1. The van der Waals surface area contributed by atoms with Gasteiger partial charge in [0.1, 0.15) is 0 Å². The lowest BCUT2D eigenvalue weighted by atomic mass is 10.1. The second kappa shape index (κ2) is 3.70. The average Bonchev–Trinajstić information content (AvgIpc) is 2.06. The molecule has 0 aliphatic rings. The van der Waals surface area contributed by atoms with Crippen molar-refractivity contribution >= 4 is 17.6 Å². The molecule has 1 aromatic rings. The van der Waals surface area contributed by atoms with Crippen LogP contribution in [0.3, 0.4) is 0 Å². The molecule has 0 aliphatic heterocycles. The number of hydrogen-bond acceptors (Lipinski definition) is 1. The molecule has 13 heavy (non-hydrogen) atoms. The van der Waals surface area contributed by atoms with Crippen LogP contribution in [0.1, 0.15) is 5.56 Å². The molecule has 2 nitrogen and oxygen atoms in total. The van der Waals surface area contributed by atoms with Gasteiger partial charge in [-0.3, -0.25) is 4.79 Å². The largest absolute Gasteiger partial charge is 0.481 e. The highest BCUT2D eigenvalue weighted by molar-refractivity contribution is 6.31. The van der Waals surface area contributed by atoms with Crippen LogP contribution in [-0.4, -0.2) is 11.1 Å². The Balaban J connectivity index is 3.10. The third kappa shape index (κ3) is 2.15. The highest BCUT2D eigenvalue weighted by atomic mass is 35.5. The average molecular weight is 207 g/mol. The fraction of sp³-hybridized carbons (Fsp3) is 0.125. The first kappa shape index (κ1) is 9.92. The summed E-state index contributed by atoms with van der Waals surface area (Å²) in [5.74, 6) is -3.44. The summed E-state index contributed by atoms with van der Waals surface area (Å²) in [4.78, 5) is 10.2. The zero-order valence-corrected chi connectivity index (χ0v) is 7.11. The molecule has 70 valence electrons. The molecule has 0 amide bonds. The van der Waals surface area contributed by atoms with Gasteiger partial charge in [-0.1, -0.05) is 17.7 Å². The maximum absolute atomic E-state index is 12.7. The minimum Gasteiger partial charge on any atom is -0.481 e. The van der Waals surface area contributed by atoms with Crippen LogP contribution in [0.4, 0.5) is 8.78 Å². The number of hydrogen-bond donors (Lipinski definition) is 1. The molecule has 1 N–H and O–H groups in total. The van der Waals surface area contributed by atoms with E-state index in [1.807, 2.05) is 0 Å². The standard InChI is InChI=1S/C8H5ClF2O2/c9-7-4(3-6(12)13)1-2-5(10)8(7)11/h1-2H,3H2,(H,12,13). The Morgan fingerprint density at radius 2 is 2.08 bits per heavy atom. The summed E-state index contributed by atoms with van der Waals surface area (Å²) in [5.41, 5.74) is 0.0630. The van der Waals surface area contributed by atoms with E-state index in [4.69, 9.17) is 16.7 Å². The Kier molecular flexibility index (Phi) is 2.83. The van der Waals surface area contributed by atoms with Gasteiger partial charge in [0, 0.05) is 0 Å². The van der Waals surface area contributed by atoms with Crippen LogP contribution >= 0.6 is 11.6 Å². The highest BCUT2D eigenvalue weighted by Crippen LogP contribution is 2.22. The van der Waals surface area contributed by atoms with E-state index < -0.39 is 29.0 Å². The first-order valence-electron chi connectivity index (χ1n) is 3.36. The molecule has 0 atom stereocenters. The minimum absolute atomic E-state index is 0.0630. The van der Waals surface area contributed by atoms with Crippen LogP contribution in [0.2, 0.25) is 5.02 Å². The monoisotopic (exact) mass is 206 g/mol. The number of benzene rings is 1. The van der Waals surface area contributed by atoms with Gasteiger partial charge in [0.25, 0.3) is 0 Å². The second-order valence-electron chi connectivity index (χ2n) is 2.40. The van der Waals surface area contributed by atoms with Crippen molar-refractivity contribution in [2.75, 3.05) is 0 Å². The van der Waals surface area contributed by atoms with Crippen molar-refractivity contribution in [3.05, 3.63) is 34.4 Å². The molecule has 0 spiro atoms. The molecule has 0 fully saturated rings. The lowest BCUT2D eigenvalue weighted by molar-refractivity contribution is -0.136. The highest BCUT2D eigenvalue weighted by Gasteiger charge is 2.13. The molecule has 0 saturated heterocycles. The SMILES string of the molecule is O=C(O)Cc1ccc(F)c(F)c1Cl. The summed E-state index contributed by atoms with van der Waals surface area (Å²) in [6, 6.07) is 1.99. The maximum Gasteiger partial charge on any atom is 0.307 e. The molecular formula is C8H5ClF2O2. The third-order valence-electron chi connectivity index (χ3n) is 1.46. The predicted octanol–water partition coefficient (Wildman–Crippen LogP) is 2.25. The van der Waals surface area contributed by atoms with Crippen LogP contribution in [0.15, 0.2) is 12.1 Å². The van der Waals surface area contributed by atoms with E-state index in [0.717, 1.165) is 12.1 Å². The maximum atomic E-state index is 12.7. The van der Waals surface area contributed by atoms with Crippen LogP contribution < -0.4 is 0 Å². The van der Waals surface area contributed by atoms with Gasteiger partial charge in [0.15, 0.2) is 11.6 Å². The van der Waals surface area contributed by atoms with Crippen molar-refractivity contribution in [2.24, 2.45) is 0 Å². The zero-order chi connectivity index (χ0) is 10.0. The summed E-state index contributed by atoms with van der Waals surface area (Å²) >= 11 is 5.36. The quantitative estimate of drug-likeness (QED) is 0.754. The van der Waals surface area contributed by atoms with Crippen molar-refractivity contribution < 1.29 is 18.7 Å². The van der Waals surface area contributed by atoms with Crippen LogP contribution in [-0.2, 0) is 11.2 Å². The summed E-state index contributed by atoms with van der Waals surface area (Å²) in [6.07, 6.45) is -0.421. The fourth-order valence-corrected chi connectivity index (χ4v) is 1.09. The first-order valence-corrected chi connectivity index (χ1v) is 3.74.